The molecule has 0 spiro atoms. The smallest absolute Gasteiger partial charge is 0.270 e. The van der Waals surface area contributed by atoms with Gasteiger partial charge >= 0.3 is 0 Å². The van der Waals surface area contributed by atoms with E-state index in [2.05, 4.69) is 15.0 Å². The monoisotopic (exact) mass is 433 g/mol. The number of sulfonamides is 1. The van der Waals surface area contributed by atoms with E-state index in [1.54, 1.807) is 0 Å². The first kappa shape index (κ1) is 20.9. The Kier molecular flexibility index (Phi) is 5.75. The lowest BCUT2D eigenvalue weighted by molar-refractivity contribution is -0.385. The Morgan fingerprint density at radius 3 is 2.40 bits per heavy atom. The molecular formula is C17H15N5O7S. The lowest BCUT2D eigenvalue weighted by Crippen LogP contribution is -2.34. The fourth-order valence-corrected chi connectivity index (χ4v) is 3.79. The van der Waals surface area contributed by atoms with E-state index in [-0.39, 0.29) is 34.9 Å². The molecule has 0 bridgehead atoms. The summed E-state index contributed by atoms with van der Waals surface area (Å²) in [6.45, 7) is -0.242. The van der Waals surface area contributed by atoms with Crippen molar-refractivity contribution >= 4 is 38.2 Å². The van der Waals surface area contributed by atoms with Gasteiger partial charge in [0.25, 0.3) is 17.3 Å². The number of fused-ring (bicyclic) bond motifs is 1. The third kappa shape index (κ3) is 4.42. The highest BCUT2D eigenvalue weighted by Gasteiger charge is 2.18. The predicted molar refractivity (Wildman–Crippen MR) is 106 cm³/mol. The topological polar surface area (TPSA) is 177 Å². The van der Waals surface area contributed by atoms with Crippen molar-refractivity contribution in [3.63, 3.8) is 0 Å². The maximum absolute atomic E-state index is 12.4. The Morgan fingerprint density at radius 1 is 1.00 bits per heavy atom. The zero-order chi connectivity index (χ0) is 21.9. The van der Waals surface area contributed by atoms with E-state index in [1.165, 1.54) is 42.6 Å². The number of carbonyl (C=O) groups excluding carboxylic acids is 1. The van der Waals surface area contributed by atoms with E-state index in [4.69, 9.17) is 0 Å². The first-order valence-corrected chi connectivity index (χ1v) is 9.95. The SMILES string of the molecule is O=C(NCCNS(=O)(=O)c1cccc([N+](=O)[O-])c1)c1c[nH]c2ccc([N+](=O)[O-])cc12. The second-order valence-corrected chi connectivity index (χ2v) is 7.86. The van der Waals surface area contributed by atoms with Gasteiger partial charge in [-0.3, -0.25) is 25.0 Å². The Bertz CT molecular complexity index is 1250. The predicted octanol–water partition coefficient (Wildman–Crippen LogP) is 1.69. The molecule has 0 atom stereocenters. The normalized spacial score (nSPS) is 11.3. The summed E-state index contributed by atoms with van der Waals surface area (Å²) in [5.74, 6) is -0.545. The van der Waals surface area contributed by atoms with Gasteiger partial charge in [0.2, 0.25) is 10.0 Å². The summed E-state index contributed by atoms with van der Waals surface area (Å²) < 4.78 is 26.7. The Morgan fingerprint density at radius 2 is 1.70 bits per heavy atom. The van der Waals surface area contributed by atoms with E-state index in [0.29, 0.717) is 10.9 Å². The summed E-state index contributed by atoms with van der Waals surface area (Å²) in [6.07, 6.45) is 1.40. The maximum atomic E-state index is 12.4. The highest BCUT2D eigenvalue weighted by atomic mass is 32.2. The average Bonchev–Trinajstić information content (AvgIpc) is 3.14. The Balaban J connectivity index is 1.63. The van der Waals surface area contributed by atoms with Gasteiger partial charge in [-0.05, 0) is 12.1 Å². The molecular weight excluding hydrogens is 418 g/mol. The van der Waals surface area contributed by atoms with Crippen molar-refractivity contribution in [1.29, 1.82) is 0 Å². The molecule has 2 aromatic carbocycles. The number of carbonyl (C=O) groups is 1. The van der Waals surface area contributed by atoms with Crippen LogP contribution in [-0.2, 0) is 10.0 Å². The molecule has 3 N–H and O–H groups in total. The maximum Gasteiger partial charge on any atom is 0.270 e. The summed E-state index contributed by atoms with van der Waals surface area (Å²) in [5, 5.41) is 24.6. The van der Waals surface area contributed by atoms with E-state index in [1.807, 2.05) is 0 Å². The molecule has 156 valence electrons. The molecule has 0 radical (unpaired) electrons. The number of amides is 1. The van der Waals surface area contributed by atoms with E-state index >= 15 is 0 Å². The minimum Gasteiger partial charge on any atom is -0.360 e. The van der Waals surface area contributed by atoms with Gasteiger partial charge in [0.15, 0.2) is 0 Å². The number of hydrogen-bond donors (Lipinski definition) is 3. The van der Waals surface area contributed by atoms with Gasteiger partial charge in [0.1, 0.15) is 0 Å². The molecule has 3 rings (SSSR count). The molecule has 1 aromatic heterocycles. The van der Waals surface area contributed by atoms with E-state index in [9.17, 15) is 33.4 Å². The molecule has 1 amide bonds. The van der Waals surface area contributed by atoms with Gasteiger partial charge in [0.05, 0.1) is 20.3 Å². The number of aromatic nitrogens is 1. The minimum absolute atomic E-state index is 0.0748. The fourth-order valence-electron chi connectivity index (χ4n) is 2.71. The number of aromatic amines is 1. The van der Waals surface area contributed by atoms with Crippen LogP contribution in [0.5, 0.6) is 0 Å². The number of nitrogens with zero attached hydrogens (tertiary/aromatic N) is 2. The van der Waals surface area contributed by atoms with Gasteiger partial charge in [-0.1, -0.05) is 6.07 Å². The van der Waals surface area contributed by atoms with Crippen LogP contribution >= 0.6 is 0 Å². The lowest BCUT2D eigenvalue weighted by Gasteiger charge is -2.08. The van der Waals surface area contributed by atoms with Crippen LogP contribution in [-0.4, -0.2) is 42.2 Å². The lowest BCUT2D eigenvalue weighted by atomic mass is 10.1. The van der Waals surface area contributed by atoms with Crippen LogP contribution in [0.3, 0.4) is 0 Å². The minimum atomic E-state index is -4.00. The molecule has 1 heterocycles. The average molecular weight is 433 g/mol. The second kappa shape index (κ2) is 8.26. The standard InChI is InChI=1S/C17H15N5O7S/c23-17(15-10-19-16-5-4-12(22(26)27)9-14(15)16)18-6-7-20-30(28,29)13-3-1-2-11(8-13)21(24)25/h1-5,8-10,19-20H,6-7H2,(H,18,23). The van der Waals surface area contributed by atoms with Crippen molar-refractivity contribution in [2.45, 2.75) is 4.90 Å². The Hall–Kier alpha value is -3.84. The number of rotatable bonds is 8. The van der Waals surface area contributed by atoms with Gasteiger partial charge < -0.3 is 10.3 Å². The van der Waals surface area contributed by atoms with Crippen LogP contribution in [0.25, 0.3) is 10.9 Å². The first-order chi connectivity index (χ1) is 14.2. The third-order valence-corrected chi connectivity index (χ3v) is 5.62. The number of nitro benzene ring substituents is 2. The largest absolute Gasteiger partial charge is 0.360 e. The van der Waals surface area contributed by atoms with Crippen LogP contribution in [0, 0.1) is 20.2 Å². The number of hydrogen-bond acceptors (Lipinski definition) is 7. The van der Waals surface area contributed by atoms with Crippen LogP contribution in [0.4, 0.5) is 11.4 Å². The van der Waals surface area contributed by atoms with Crippen LogP contribution < -0.4 is 10.0 Å². The van der Waals surface area contributed by atoms with Gasteiger partial charge in [-0.15, -0.1) is 0 Å². The van der Waals surface area contributed by atoms with Crippen LogP contribution in [0.15, 0.2) is 53.6 Å². The van der Waals surface area contributed by atoms with Gasteiger partial charge in [-0.2, -0.15) is 0 Å². The third-order valence-electron chi connectivity index (χ3n) is 4.16. The van der Waals surface area contributed by atoms with Gasteiger partial charge in [0, 0.05) is 54.5 Å². The quantitative estimate of drug-likeness (QED) is 0.275. The summed E-state index contributed by atoms with van der Waals surface area (Å²) >= 11 is 0. The molecule has 0 saturated heterocycles. The molecule has 13 heteroatoms. The second-order valence-electron chi connectivity index (χ2n) is 6.10. The van der Waals surface area contributed by atoms with Crippen molar-refractivity contribution < 1.29 is 23.1 Å². The number of non-ortho nitro benzene ring substituents is 2. The summed E-state index contributed by atoms with van der Waals surface area (Å²) in [5.41, 5.74) is 0.188. The molecule has 0 aliphatic heterocycles. The van der Waals surface area contributed by atoms with E-state index in [0.717, 1.165) is 6.07 Å². The number of nitrogens with one attached hydrogen (secondary N) is 3. The zero-order valence-electron chi connectivity index (χ0n) is 15.2. The molecule has 0 unspecified atom stereocenters. The molecule has 0 saturated carbocycles. The molecule has 30 heavy (non-hydrogen) atoms. The molecule has 3 aromatic rings. The molecule has 0 aliphatic rings. The molecule has 0 fully saturated rings. The molecule has 12 nitrogen and oxygen atoms in total. The van der Waals surface area contributed by atoms with Crippen molar-refractivity contribution in [2.75, 3.05) is 13.1 Å². The van der Waals surface area contributed by atoms with E-state index < -0.39 is 25.8 Å². The summed E-state index contributed by atoms with van der Waals surface area (Å²) in [6, 6.07) is 8.63. The fraction of sp³-hybridized carbons (Fsp3) is 0.118. The number of benzene rings is 2. The van der Waals surface area contributed by atoms with Crippen molar-refractivity contribution in [1.82, 2.24) is 15.0 Å². The molecule has 0 aliphatic carbocycles. The summed E-state index contributed by atoms with van der Waals surface area (Å²) in [4.78, 5) is 35.4. The van der Waals surface area contributed by atoms with Crippen LogP contribution in [0.2, 0.25) is 0 Å². The highest BCUT2D eigenvalue weighted by Crippen LogP contribution is 2.23. The van der Waals surface area contributed by atoms with Gasteiger partial charge in [-0.25, -0.2) is 13.1 Å². The first-order valence-electron chi connectivity index (χ1n) is 8.47. The summed E-state index contributed by atoms with van der Waals surface area (Å²) in [7, 11) is -4.00. The van der Waals surface area contributed by atoms with Crippen molar-refractivity contribution in [3.8, 4) is 0 Å². The number of nitro groups is 2. The van der Waals surface area contributed by atoms with Crippen LogP contribution in [0.1, 0.15) is 10.4 Å². The zero-order valence-corrected chi connectivity index (χ0v) is 16.0. The van der Waals surface area contributed by atoms with Crippen molar-refractivity contribution in [2.24, 2.45) is 0 Å². The number of H-pyrrole nitrogens is 1. The van der Waals surface area contributed by atoms with Crippen molar-refractivity contribution in [3.05, 3.63) is 74.5 Å². The Labute approximate surface area is 169 Å². The highest BCUT2D eigenvalue weighted by molar-refractivity contribution is 7.89.